The molecule has 1 aliphatic heterocycles. The third-order valence-corrected chi connectivity index (χ3v) is 4.92. The fraction of sp³-hybridized carbons (Fsp3) is 0.350. The minimum atomic E-state index is -4.83. The summed E-state index contributed by atoms with van der Waals surface area (Å²) in [6.45, 7) is 1.13. The van der Waals surface area contributed by atoms with Gasteiger partial charge < -0.3 is 10.5 Å². The van der Waals surface area contributed by atoms with E-state index in [9.17, 15) is 35.5 Å². The standard InChI is InChI=1S/C20H16F7N3O2/c1-19(7-15(20(25,26)27)32-18(28)30-19)11-4-9(5-12(21)16(11)22)6-14(31)13-3-2-10(8-29-13)17(23)24/h2-5,8,15,17H,6-7H2,1H3,(H2,28,30)/t15-,19-/m0/s1. The topological polar surface area (TPSA) is 77.6 Å². The lowest BCUT2D eigenvalue weighted by Crippen LogP contribution is -2.46. The molecule has 3 rings (SSSR count). The summed E-state index contributed by atoms with van der Waals surface area (Å²) < 4.78 is 98.1. The predicted octanol–water partition coefficient (Wildman–Crippen LogP) is 4.60. The highest BCUT2D eigenvalue weighted by molar-refractivity contribution is 5.95. The van der Waals surface area contributed by atoms with E-state index >= 15 is 0 Å². The molecule has 0 saturated heterocycles. The largest absolute Gasteiger partial charge is 0.452 e. The van der Waals surface area contributed by atoms with E-state index in [2.05, 4.69) is 14.7 Å². The Morgan fingerprint density at radius 2 is 1.97 bits per heavy atom. The molecule has 0 aliphatic carbocycles. The Morgan fingerprint density at radius 3 is 2.53 bits per heavy atom. The molecule has 0 amide bonds. The van der Waals surface area contributed by atoms with Gasteiger partial charge in [0, 0.05) is 30.2 Å². The molecule has 0 bridgehead atoms. The molecule has 12 heteroatoms. The first kappa shape index (κ1) is 23.5. The fourth-order valence-electron chi connectivity index (χ4n) is 3.33. The van der Waals surface area contributed by atoms with Crippen LogP contribution < -0.4 is 5.73 Å². The van der Waals surface area contributed by atoms with Gasteiger partial charge in [-0.2, -0.15) is 13.2 Å². The molecule has 1 aromatic carbocycles. The smallest absolute Gasteiger partial charge is 0.425 e. The molecule has 2 atom stereocenters. The molecular weight excluding hydrogens is 447 g/mol. The van der Waals surface area contributed by atoms with Crippen molar-refractivity contribution in [2.75, 3.05) is 0 Å². The van der Waals surface area contributed by atoms with Crippen LogP contribution in [0.4, 0.5) is 30.7 Å². The SMILES string of the molecule is C[C@@]1(c2cc(CC(=O)c3ccc(C(F)F)cn3)cc(F)c2F)C[C@@H](C(F)(F)F)OC(N)=N1. The number of ether oxygens (including phenoxy) is 1. The lowest BCUT2D eigenvalue weighted by molar-refractivity contribution is -0.208. The summed E-state index contributed by atoms with van der Waals surface area (Å²) in [5.41, 5.74) is 2.20. The number of rotatable bonds is 5. The summed E-state index contributed by atoms with van der Waals surface area (Å²) in [7, 11) is 0. The van der Waals surface area contributed by atoms with Crippen LogP contribution in [0.3, 0.4) is 0 Å². The van der Waals surface area contributed by atoms with E-state index in [0.29, 0.717) is 6.07 Å². The number of halogens is 7. The quantitative estimate of drug-likeness (QED) is 0.519. The Kier molecular flexibility index (Phi) is 6.16. The average molecular weight is 463 g/mol. The van der Waals surface area contributed by atoms with Gasteiger partial charge in [0.2, 0.25) is 0 Å². The van der Waals surface area contributed by atoms with Crippen LogP contribution in [0.15, 0.2) is 35.5 Å². The van der Waals surface area contributed by atoms with E-state index in [-0.39, 0.29) is 11.3 Å². The highest BCUT2D eigenvalue weighted by Crippen LogP contribution is 2.41. The Bertz CT molecular complexity index is 1050. The van der Waals surface area contributed by atoms with Crippen molar-refractivity contribution in [3.63, 3.8) is 0 Å². The number of aromatic nitrogens is 1. The number of nitrogens with two attached hydrogens (primary N) is 1. The number of aliphatic imine (C=N–C) groups is 1. The third-order valence-electron chi connectivity index (χ3n) is 4.92. The molecule has 2 heterocycles. The van der Waals surface area contributed by atoms with Crippen LogP contribution in [0.25, 0.3) is 0 Å². The van der Waals surface area contributed by atoms with Gasteiger partial charge in [-0.3, -0.25) is 9.78 Å². The van der Waals surface area contributed by atoms with E-state index < -0.39 is 71.7 Å². The van der Waals surface area contributed by atoms with E-state index in [4.69, 9.17) is 5.73 Å². The van der Waals surface area contributed by atoms with Crippen LogP contribution in [0.2, 0.25) is 0 Å². The van der Waals surface area contributed by atoms with Crippen molar-refractivity contribution in [3.8, 4) is 0 Å². The molecule has 0 radical (unpaired) electrons. The van der Waals surface area contributed by atoms with Crippen molar-refractivity contribution in [1.82, 2.24) is 4.98 Å². The first-order valence-electron chi connectivity index (χ1n) is 9.14. The molecular formula is C20H16F7N3O2. The van der Waals surface area contributed by atoms with Gasteiger partial charge in [-0.05, 0) is 36.8 Å². The third kappa shape index (κ3) is 4.83. The number of carbonyl (C=O) groups is 1. The Labute approximate surface area is 177 Å². The summed E-state index contributed by atoms with van der Waals surface area (Å²) in [5.74, 6) is -3.55. The molecule has 2 N–H and O–H groups in total. The summed E-state index contributed by atoms with van der Waals surface area (Å²) in [4.78, 5) is 19.8. The molecule has 172 valence electrons. The molecule has 2 aromatic rings. The van der Waals surface area contributed by atoms with Gasteiger partial charge in [0.25, 0.3) is 12.4 Å². The van der Waals surface area contributed by atoms with Gasteiger partial charge >= 0.3 is 6.18 Å². The maximum absolute atomic E-state index is 14.6. The first-order chi connectivity index (χ1) is 14.8. The molecule has 0 unspecified atom stereocenters. The van der Waals surface area contributed by atoms with Gasteiger partial charge in [-0.15, -0.1) is 0 Å². The number of carbonyl (C=O) groups excluding carboxylic acids is 1. The zero-order valence-corrected chi connectivity index (χ0v) is 16.4. The maximum Gasteiger partial charge on any atom is 0.425 e. The van der Waals surface area contributed by atoms with Crippen LogP contribution in [0.5, 0.6) is 0 Å². The lowest BCUT2D eigenvalue weighted by Gasteiger charge is -2.36. The summed E-state index contributed by atoms with van der Waals surface area (Å²) in [6, 6.07) is 2.94. The molecule has 32 heavy (non-hydrogen) atoms. The Morgan fingerprint density at radius 1 is 1.28 bits per heavy atom. The van der Waals surface area contributed by atoms with Crippen LogP contribution >= 0.6 is 0 Å². The zero-order valence-electron chi connectivity index (χ0n) is 16.4. The Hall–Kier alpha value is -3.18. The minimum Gasteiger partial charge on any atom is -0.452 e. The summed E-state index contributed by atoms with van der Waals surface area (Å²) in [6.07, 6.45) is -10.6. The van der Waals surface area contributed by atoms with Crippen molar-refractivity contribution in [3.05, 3.63) is 64.5 Å². The van der Waals surface area contributed by atoms with E-state index in [0.717, 1.165) is 31.3 Å². The highest BCUT2D eigenvalue weighted by atomic mass is 19.4. The van der Waals surface area contributed by atoms with Crippen molar-refractivity contribution in [2.24, 2.45) is 10.7 Å². The molecule has 0 saturated carbocycles. The Balaban J connectivity index is 1.94. The number of hydrogen-bond donors (Lipinski definition) is 1. The monoisotopic (exact) mass is 463 g/mol. The second kappa shape index (κ2) is 8.40. The molecule has 1 aromatic heterocycles. The predicted molar refractivity (Wildman–Crippen MR) is 98.1 cm³/mol. The molecule has 5 nitrogen and oxygen atoms in total. The first-order valence-corrected chi connectivity index (χ1v) is 9.14. The maximum atomic E-state index is 14.6. The second-order valence-electron chi connectivity index (χ2n) is 7.39. The van der Waals surface area contributed by atoms with E-state index in [1.54, 1.807) is 0 Å². The molecule has 0 spiro atoms. The number of hydrogen-bond acceptors (Lipinski definition) is 5. The number of pyridine rings is 1. The van der Waals surface area contributed by atoms with Gasteiger partial charge in [0.1, 0.15) is 5.69 Å². The zero-order chi connectivity index (χ0) is 23.8. The van der Waals surface area contributed by atoms with E-state index in [1.807, 2.05) is 0 Å². The van der Waals surface area contributed by atoms with Gasteiger partial charge in [-0.1, -0.05) is 0 Å². The number of ketones is 1. The number of nitrogens with zero attached hydrogens (tertiary/aromatic N) is 2. The van der Waals surface area contributed by atoms with Crippen LogP contribution in [0, 0.1) is 11.6 Å². The van der Waals surface area contributed by atoms with Crippen molar-refractivity contribution >= 4 is 11.8 Å². The van der Waals surface area contributed by atoms with Crippen molar-refractivity contribution < 1.29 is 40.3 Å². The van der Waals surface area contributed by atoms with Crippen molar-refractivity contribution in [2.45, 2.75) is 44.0 Å². The average Bonchev–Trinajstić information content (AvgIpc) is 2.69. The molecule has 1 aliphatic rings. The number of Topliss-reactive ketones (excluding diaryl/α,β-unsaturated/α-hetero) is 1. The summed E-state index contributed by atoms with van der Waals surface area (Å²) in [5, 5.41) is 0. The van der Waals surface area contributed by atoms with Crippen molar-refractivity contribution in [1.29, 1.82) is 0 Å². The number of alkyl halides is 5. The lowest BCUT2D eigenvalue weighted by atomic mass is 9.84. The summed E-state index contributed by atoms with van der Waals surface area (Å²) >= 11 is 0. The van der Waals surface area contributed by atoms with E-state index in [1.165, 1.54) is 0 Å². The normalized spacial score (nSPS) is 21.3. The number of amidine groups is 1. The van der Waals surface area contributed by atoms with Crippen LogP contribution in [0.1, 0.15) is 46.9 Å². The van der Waals surface area contributed by atoms with Gasteiger partial charge in [0.05, 0.1) is 5.54 Å². The van der Waals surface area contributed by atoms with Crippen LogP contribution in [-0.4, -0.2) is 29.1 Å². The van der Waals surface area contributed by atoms with Crippen LogP contribution in [-0.2, 0) is 16.7 Å². The second-order valence-corrected chi connectivity index (χ2v) is 7.39. The number of benzene rings is 1. The highest BCUT2D eigenvalue weighted by Gasteiger charge is 2.50. The fourth-order valence-corrected chi connectivity index (χ4v) is 3.33. The van der Waals surface area contributed by atoms with Gasteiger partial charge in [0.15, 0.2) is 23.5 Å². The van der Waals surface area contributed by atoms with Gasteiger partial charge in [-0.25, -0.2) is 22.6 Å². The molecule has 0 fully saturated rings. The minimum absolute atomic E-state index is 0.0753.